The second-order valence-corrected chi connectivity index (χ2v) is 9.24. The van der Waals surface area contributed by atoms with E-state index in [2.05, 4.69) is 38.2 Å². The van der Waals surface area contributed by atoms with Crippen LogP contribution in [-0.4, -0.2) is 55.4 Å². The van der Waals surface area contributed by atoms with Crippen LogP contribution in [0.25, 0.3) is 11.4 Å². The molecule has 4 rings (SSSR count). The summed E-state index contributed by atoms with van der Waals surface area (Å²) in [4.78, 5) is 13.2. The van der Waals surface area contributed by atoms with Crippen molar-refractivity contribution in [3.05, 3.63) is 51.5 Å². The summed E-state index contributed by atoms with van der Waals surface area (Å²) in [6, 6.07) is 7.31. The summed E-state index contributed by atoms with van der Waals surface area (Å²) in [6.45, 7) is 9.22. The van der Waals surface area contributed by atoms with Gasteiger partial charge < -0.3 is 4.90 Å². The summed E-state index contributed by atoms with van der Waals surface area (Å²) < 4.78 is 4.67. The molecule has 2 aromatic heterocycles. The number of halogens is 2. The number of nitrogens with zero attached hydrogens (tertiary/aromatic N) is 7. The fourth-order valence-corrected chi connectivity index (χ4v) is 4.42. The van der Waals surface area contributed by atoms with E-state index in [0.29, 0.717) is 27.4 Å². The normalized spacial score (nSPS) is 15.1. The molecule has 0 amide bonds. The summed E-state index contributed by atoms with van der Waals surface area (Å²) in [6.07, 6.45) is 3.55. The summed E-state index contributed by atoms with van der Waals surface area (Å²) >= 11 is 18.4. The lowest BCUT2D eigenvalue weighted by molar-refractivity contribution is 0.193. The van der Waals surface area contributed by atoms with Crippen LogP contribution in [0, 0.1) is 10.7 Å². The van der Waals surface area contributed by atoms with E-state index < -0.39 is 0 Å². The van der Waals surface area contributed by atoms with Gasteiger partial charge in [0.25, 0.3) is 0 Å². The van der Waals surface area contributed by atoms with Gasteiger partial charge >= 0.3 is 0 Å². The molecule has 10 heteroatoms. The first-order valence-electron chi connectivity index (χ1n) is 10.3. The van der Waals surface area contributed by atoms with Crippen LogP contribution < -0.4 is 4.90 Å². The van der Waals surface area contributed by atoms with Gasteiger partial charge in [-0.05, 0) is 42.4 Å². The third-order valence-electron chi connectivity index (χ3n) is 5.18. The number of benzene rings is 1. The topological polar surface area (TPSA) is 55.0 Å². The molecule has 0 bridgehead atoms. The van der Waals surface area contributed by atoms with Crippen LogP contribution in [0.4, 0.5) is 5.95 Å². The quantitative estimate of drug-likeness (QED) is 0.483. The van der Waals surface area contributed by atoms with Crippen molar-refractivity contribution >= 4 is 41.4 Å². The number of aromatic nitrogens is 5. The summed E-state index contributed by atoms with van der Waals surface area (Å²) in [5, 5.41) is 6.03. The van der Waals surface area contributed by atoms with Gasteiger partial charge in [0, 0.05) is 55.7 Å². The van der Waals surface area contributed by atoms with E-state index in [-0.39, 0.29) is 0 Å². The molecule has 1 saturated heterocycles. The zero-order valence-electron chi connectivity index (χ0n) is 17.6. The van der Waals surface area contributed by atoms with Crippen molar-refractivity contribution in [1.82, 2.24) is 29.2 Å². The molecule has 3 heterocycles. The molecule has 1 aliphatic rings. The fourth-order valence-electron chi connectivity index (χ4n) is 3.67. The number of anilines is 1. The zero-order valence-corrected chi connectivity index (χ0v) is 19.9. The Hall–Kier alpha value is -2.00. The maximum absolute atomic E-state index is 6.49. The highest BCUT2D eigenvalue weighted by Crippen LogP contribution is 2.30. The third-order valence-corrected chi connectivity index (χ3v) is 6.16. The lowest BCUT2D eigenvalue weighted by atomic mass is 10.2. The van der Waals surface area contributed by atoms with Crippen molar-refractivity contribution in [3.8, 4) is 11.4 Å². The highest BCUT2D eigenvalue weighted by atomic mass is 35.5. The number of hydrogen-bond donors (Lipinski definition) is 0. The van der Waals surface area contributed by atoms with Crippen molar-refractivity contribution < 1.29 is 0 Å². The average Bonchev–Trinajstić information content (AvgIpc) is 3.04. The molecule has 0 atom stereocenters. The van der Waals surface area contributed by atoms with Crippen LogP contribution in [0.5, 0.6) is 0 Å². The second kappa shape index (κ2) is 9.65. The summed E-state index contributed by atoms with van der Waals surface area (Å²) in [7, 11) is 0. The first-order valence-corrected chi connectivity index (χ1v) is 11.5. The standard InChI is InChI=1S/C21H25Cl2N7S/c1-15(2)13-29-19(17-5-4-16(22)12-18(17)23)26-30(21(29)31)14-27-8-10-28(11-9-27)20-24-6-3-7-25-20/h3-7,12,15H,8-11,13-14H2,1-2H3. The van der Waals surface area contributed by atoms with Crippen LogP contribution in [0.2, 0.25) is 10.0 Å². The van der Waals surface area contributed by atoms with Gasteiger partial charge in [0.1, 0.15) is 0 Å². The Morgan fingerprint density at radius 2 is 1.77 bits per heavy atom. The summed E-state index contributed by atoms with van der Waals surface area (Å²) in [5.41, 5.74) is 0.836. The third kappa shape index (κ3) is 5.09. The minimum absolute atomic E-state index is 0.420. The van der Waals surface area contributed by atoms with Gasteiger partial charge in [-0.1, -0.05) is 37.0 Å². The van der Waals surface area contributed by atoms with Gasteiger partial charge in [-0.2, -0.15) is 5.10 Å². The fraction of sp³-hybridized carbons (Fsp3) is 0.429. The maximum atomic E-state index is 6.49. The van der Waals surface area contributed by atoms with E-state index in [0.717, 1.165) is 50.1 Å². The average molecular weight is 478 g/mol. The Morgan fingerprint density at radius 3 is 2.42 bits per heavy atom. The van der Waals surface area contributed by atoms with Gasteiger partial charge in [-0.3, -0.25) is 9.47 Å². The lowest BCUT2D eigenvalue weighted by Gasteiger charge is -2.34. The highest BCUT2D eigenvalue weighted by Gasteiger charge is 2.22. The smallest absolute Gasteiger partial charge is 0.225 e. The predicted molar refractivity (Wildman–Crippen MR) is 127 cm³/mol. The van der Waals surface area contributed by atoms with Crippen LogP contribution in [0.15, 0.2) is 36.7 Å². The van der Waals surface area contributed by atoms with E-state index in [9.17, 15) is 0 Å². The van der Waals surface area contributed by atoms with Gasteiger partial charge in [0.05, 0.1) is 11.7 Å². The molecular weight excluding hydrogens is 453 g/mol. The predicted octanol–water partition coefficient (Wildman–Crippen LogP) is 4.61. The van der Waals surface area contributed by atoms with Crippen LogP contribution >= 0.6 is 35.4 Å². The molecule has 0 saturated carbocycles. The Balaban J connectivity index is 1.55. The minimum Gasteiger partial charge on any atom is -0.338 e. The van der Waals surface area contributed by atoms with Gasteiger partial charge in [0.2, 0.25) is 5.95 Å². The van der Waals surface area contributed by atoms with Gasteiger partial charge in [0.15, 0.2) is 10.6 Å². The Bertz CT molecular complexity index is 1090. The maximum Gasteiger partial charge on any atom is 0.225 e. The van der Waals surface area contributed by atoms with Gasteiger partial charge in [-0.15, -0.1) is 0 Å². The van der Waals surface area contributed by atoms with E-state index in [1.807, 2.05) is 22.9 Å². The highest BCUT2D eigenvalue weighted by molar-refractivity contribution is 7.71. The molecule has 164 valence electrons. The van der Waals surface area contributed by atoms with E-state index in [1.165, 1.54) is 0 Å². The molecule has 3 aromatic rings. The molecule has 7 nitrogen and oxygen atoms in total. The molecule has 0 spiro atoms. The Labute approximate surface area is 197 Å². The van der Waals surface area contributed by atoms with Crippen LogP contribution in [0.1, 0.15) is 13.8 Å². The minimum atomic E-state index is 0.420. The summed E-state index contributed by atoms with van der Waals surface area (Å²) in [5.74, 6) is 1.97. The monoisotopic (exact) mass is 477 g/mol. The number of hydrogen-bond acceptors (Lipinski definition) is 6. The molecule has 0 aliphatic carbocycles. The first-order chi connectivity index (χ1) is 14.9. The SMILES string of the molecule is CC(C)Cn1c(-c2ccc(Cl)cc2Cl)nn(CN2CCN(c3ncccn3)CC2)c1=S. The van der Waals surface area contributed by atoms with Crippen molar-refractivity contribution in [3.63, 3.8) is 0 Å². The molecule has 31 heavy (non-hydrogen) atoms. The Morgan fingerprint density at radius 1 is 1.06 bits per heavy atom. The van der Waals surface area contributed by atoms with E-state index in [4.69, 9.17) is 40.5 Å². The number of rotatable bonds is 6. The molecule has 0 unspecified atom stereocenters. The largest absolute Gasteiger partial charge is 0.338 e. The first kappa shape index (κ1) is 22.2. The molecule has 1 aromatic carbocycles. The molecule has 0 radical (unpaired) electrons. The van der Waals surface area contributed by atoms with Crippen molar-refractivity contribution in [1.29, 1.82) is 0 Å². The zero-order chi connectivity index (χ0) is 22.0. The number of piperazine rings is 1. The van der Waals surface area contributed by atoms with Crippen molar-refractivity contribution in [2.45, 2.75) is 27.1 Å². The van der Waals surface area contributed by atoms with Crippen LogP contribution in [0.3, 0.4) is 0 Å². The molecular formula is C21H25Cl2N7S. The molecule has 1 aliphatic heterocycles. The lowest BCUT2D eigenvalue weighted by Crippen LogP contribution is -2.47. The van der Waals surface area contributed by atoms with Gasteiger partial charge in [-0.25, -0.2) is 14.6 Å². The van der Waals surface area contributed by atoms with Crippen molar-refractivity contribution in [2.75, 3.05) is 31.1 Å². The molecule has 0 N–H and O–H groups in total. The van der Waals surface area contributed by atoms with E-state index in [1.54, 1.807) is 18.5 Å². The van der Waals surface area contributed by atoms with Crippen LogP contribution in [-0.2, 0) is 13.2 Å². The second-order valence-electron chi connectivity index (χ2n) is 8.03. The Kier molecular flexibility index (Phi) is 6.91. The molecule has 1 fully saturated rings. The van der Waals surface area contributed by atoms with Crippen molar-refractivity contribution in [2.24, 2.45) is 5.92 Å². The van der Waals surface area contributed by atoms with E-state index >= 15 is 0 Å².